The number of carbonyl (C=O) groups is 1. The molecule has 3 aromatic rings. The van der Waals surface area contributed by atoms with Gasteiger partial charge in [0.1, 0.15) is 11.6 Å². The Kier molecular flexibility index (Phi) is 6.19. The molecule has 27 heavy (non-hydrogen) atoms. The Morgan fingerprint density at radius 1 is 1.15 bits per heavy atom. The third-order valence-corrected chi connectivity index (χ3v) is 5.02. The first kappa shape index (κ1) is 19.0. The monoisotopic (exact) mass is 381 g/mol. The average Bonchev–Trinajstić information content (AvgIpc) is 3.02. The van der Waals surface area contributed by atoms with E-state index in [9.17, 15) is 4.79 Å². The van der Waals surface area contributed by atoms with Gasteiger partial charge in [-0.3, -0.25) is 4.79 Å². The summed E-state index contributed by atoms with van der Waals surface area (Å²) < 4.78 is 6.99. The number of amides is 1. The number of methoxy groups -OCH3 is 1. The van der Waals surface area contributed by atoms with Gasteiger partial charge in [-0.2, -0.15) is 5.10 Å². The smallest absolute Gasteiger partial charge is 0.235 e. The van der Waals surface area contributed by atoms with E-state index in [1.54, 1.807) is 23.6 Å². The van der Waals surface area contributed by atoms with E-state index < -0.39 is 0 Å². The molecule has 0 unspecified atom stereocenters. The van der Waals surface area contributed by atoms with Crippen molar-refractivity contribution in [1.82, 2.24) is 9.78 Å². The lowest BCUT2D eigenvalue weighted by molar-refractivity contribution is -0.113. The lowest BCUT2D eigenvalue weighted by Gasteiger charge is -2.09. The van der Waals surface area contributed by atoms with Gasteiger partial charge in [0.2, 0.25) is 5.91 Å². The Bertz CT molecular complexity index is 919. The summed E-state index contributed by atoms with van der Waals surface area (Å²) in [5.74, 6) is 2.59. The highest BCUT2D eigenvalue weighted by molar-refractivity contribution is 7.99. The minimum Gasteiger partial charge on any atom is -0.497 e. The standard InChI is InChI=1S/C21H23N3O2S/c1-15-7-9-18(10-8-15)24-20(11-16(2)23-24)22-21(25)14-27-13-17-5-4-6-19(12-17)26-3/h4-12H,13-14H2,1-3H3,(H,22,25). The summed E-state index contributed by atoms with van der Waals surface area (Å²) in [6.07, 6.45) is 0. The second-order valence-electron chi connectivity index (χ2n) is 6.31. The average molecular weight is 382 g/mol. The highest BCUT2D eigenvalue weighted by Crippen LogP contribution is 2.20. The molecule has 5 nitrogen and oxygen atoms in total. The van der Waals surface area contributed by atoms with Crippen molar-refractivity contribution in [3.8, 4) is 11.4 Å². The molecule has 1 amide bonds. The number of aromatic nitrogens is 2. The van der Waals surface area contributed by atoms with Gasteiger partial charge in [-0.1, -0.05) is 29.8 Å². The molecule has 1 aromatic heterocycles. The molecule has 1 N–H and O–H groups in total. The first-order valence-corrected chi connectivity index (χ1v) is 9.85. The van der Waals surface area contributed by atoms with Crippen LogP contribution in [0.15, 0.2) is 54.6 Å². The molecule has 3 rings (SSSR count). The molecule has 2 aromatic carbocycles. The summed E-state index contributed by atoms with van der Waals surface area (Å²) in [4.78, 5) is 12.4. The van der Waals surface area contributed by atoms with Crippen molar-refractivity contribution < 1.29 is 9.53 Å². The maximum atomic E-state index is 12.4. The number of benzene rings is 2. The van der Waals surface area contributed by atoms with Crippen LogP contribution in [0.4, 0.5) is 5.82 Å². The van der Waals surface area contributed by atoms with Gasteiger partial charge in [0, 0.05) is 11.8 Å². The first-order valence-electron chi connectivity index (χ1n) is 8.69. The number of thioether (sulfide) groups is 1. The van der Waals surface area contributed by atoms with Crippen LogP contribution in [0.5, 0.6) is 5.75 Å². The minimum atomic E-state index is -0.0452. The molecular formula is C21H23N3O2S. The normalized spacial score (nSPS) is 10.6. The van der Waals surface area contributed by atoms with Gasteiger partial charge < -0.3 is 10.1 Å². The molecule has 0 bridgehead atoms. The van der Waals surface area contributed by atoms with E-state index in [1.807, 2.05) is 68.4 Å². The molecule has 0 aliphatic carbocycles. The summed E-state index contributed by atoms with van der Waals surface area (Å²) in [6.45, 7) is 3.96. The van der Waals surface area contributed by atoms with Crippen molar-refractivity contribution in [2.45, 2.75) is 19.6 Å². The number of carbonyl (C=O) groups excluding carboxylic acids is 1. The molecule has 1 heterocycles. The zero-order chi connectivity index (χ0) is 19.2. The van der Waals surface area contributed by atoms with Gasteiger partial charge in [0.05, 0.1) is 24.2 Å². The van der Waals surface area contributed by atoms with Gasteiger partial charge in [-0.05, 0) is 43.7 Å². The van der Waals surface area contributed by atoms with Gasteiger partial charge >= 0.3 is 0 Å². The number of nitrogens with zero attached hydrogens (tertiary/aromatic N) is 2. The van der Waals surface area contributed by atoms with Gasteiger partial charge in [0.25, 0.3) is 0 Å². The van der Waals surface area contributed by atoms with E-state index in [-0.39, 0.29) is 5.91 Å². The highest BCUT2D eigenvalue weighted by Gasteiger charge is 2.11. The molecule has 0 atom stereocenters. The molecular weight excluding hydrogens is 358 g/mol. The Morgan fingerprint density at radius 2 is 1.93 bits per heavy atom. The fraction of sp³-hybridized carbons (Fsp3) is 0.238. The summed E-state index contributed by atoms with van der Waals surface area (Å²) in [5, 5.41) is 7.46. The molecule has 140 valence electrons. The van der Waals surface area contributed by atoms with E-state index in [2.05, 4.69) is 10.4 Å². The number of anilines is 1. The molecule has 0 radical (unpaired) electrons. The van der Waals surface area contributed by atoms with Crippen LogP contribution in [-0.2, 0) is 10.5 Å². The Balaban J connectivity index is 1.60. The maximum Gasteiger partial charge on any atom is 0.235 e. The molecule has 6 heteroatoms. The van der Waals surface area contributed by atoms with E-state index in [4.69, 9.17) is 4.74 Å². The second-order valence-corrected chi connectivity index (χ2v) is 7.30. The SMILES string of the molecule is COc1cccc(CSCC(=O)Nc2cc(C)nn2-c2ccc(C)cc2)c1. The molecule has 0 saturated carbocycles. The van der Waals surface area contributed by atoms with Crippen molar-refractivity contribution >= 4 is 23.5 Å². The third kappa shape index (κ3) is 5.14. The largest absolute Gasteiger partial charge is 0.497 e. The van der Waals surface area contributed by atoms with Crippen LogP contribution in [0.2, 0.25) is 0 Å². The molecule has 0 aliphatic rings. The van der Waals surface area contributed by atoms with E-state index in [0.717, 1.165) is 28.4 Å². The van der Waals surface area contributed by atoms with Gasteiger partial charge in [-0.25, -0.2) is 4.68 Å². The topological polar surface area (TPSA) is 56.1 Å². The Labute approximate surface area is 163 Å². The fourth-order valence-corrected chi connectivity index (χ4v) is 3.45. The first-order chi connectivity index (χ1) is 13.0. The molecule has 0 saturated heterocycles. The number of rotatable bonds is 7. The quantitative estimate of drug-likeness (QED) is 0.660. The summed E-state index contributed by atoms with van der Waals surface area (Å²) in [5.41, 5.74) is 4.10. The van der Waals surface area contributed by atoms with Crippen LogP contribution in [0, 0.1) is 13.8 Å². The van der Waals surface area contributed by atoms with E-state index >= 15 is 0 Å². The van der Waals surface area contributed by atoms with E-state index in [1.165, 1.54) is 5.56 Å². The van der Waals surface area contributed by atoms with Crippen molar-refractivity contribution in [3.05, 3.63) is 71.4 Å². The van der Waals surface area contributed by atoms with Crippen LogP contribution in [0.3, 0.4) is 0 Å². The van der Waals surface area contributed by atoms with Crippen molar-refractivity contribution in [2.24, 2.45) is 0 Å². The third-order valence-electron chi connectivity index (χ3n) is 4.01. The van der Waals surface area contributed by atoms with Gasteiger partial charge in [-0.15, -0.1) is 11.8 Å². The Hall–Kier alpha value is -2.73. The van der Waals surface area contributed by atoms with Crippen molar-refractivity contribution in [1.29, 1.82) is 0 Å². The number of hydrogen-bond donors (Lipinski definition) is 1. The number of ether oxygens (including phenoxy) is 1. The predicted octanol–water partition coefficient (Wildman–Crippen LogP) is 4.37. The van der Waals surface area contributed by atoms with Crippen LogP contribution in [-0.4, -0.2) is 28.6 Å². The lowest BCUT2D eigenvalue weighted by Crippen LogP contribution is -2.17. The molecule has 0 aliphatic heterocycles. The number of aryl methyl sites for hydroxylation is 2. The van der Waals surface area contributed by atoms with Crippen molar-refractivity contribution in [3.63, 3.8) is 0 Å². The van der Waals surface area contributed by atoms with Crippen LogP contribution < -0.4 is 10.1 Å². The van der Waals surface area contributed by atoms with Crippen LogP contribution in [0.25, 0.3) is 5.69 Å². The fourth-order valence-electron chi connectivity index (χ4n) is 2.67. The van der Waals surface area contributed by atoms with E-state index in [0.29, 0.717) is 11.6 Å². The minimum absolute atomic E-state index is 0.0452. The van der Waals surface area contributed by atoms with Crippen LogP contribution in [0.1, 0.15) is 16.8 Å². The Morgan fingerprint density at radius 3 is 2.67 bits per heavy atom. The lowest BCUT2D eigenvalue weighted by atomic mass is 10.2. The zero-order valence-corrected chi connectivity index (χ0v) is 16.5. The highest BCUT2D eigenvalue weighted by atomic mass is 32.2. The number of nitrogens with one attached hydrogen (secondary N) is 1. The van der Waals surface area contributed by atoms with Crippen molar-refractivity contribution in [2.75, 3.05) is 18.2 Å². The summed E-state index contributed by atoms with van der Waals surface area (Å²) >= 11 is 1.57. The second kappa shape index (κ2) is 8.77. The van der Waals surface area contributed by atoms with Gasteiger partial charge in [0.15, 0.2) is 0 Å². The number of hydrogen-bond acceptors (Lipinski definition) is 4. The summed E-state index contributed by atoms with van der Waals surface area (Å²) in [7, 11) is 1.65. The maximum absolute atomic E-state index is 12.4. The molecule has 0 spiro atoms. The zero-order valence-electron chi connectivity index (χ0n) is 15.7. The summed E-state index contributed by atoms with van der Waals surface area (Å²) in [6, 6.07) is 17.8. The predicted molar refractivity (Wildman–Crippen MR) is 111 cm³/mol. The van der Waals surface area contributed by atoms with Crippen LogP contribution >= 0.6 is 11.8 Å². The molecule has 0 fully saturated rings.